The van der Waals surface area contributed by atoms with E-state index in [0.717, 1.165) is 34.9 Å². The Morgan fingerprint density at radius 2 is 1.67 bits per heavy atom. The molecule has 1 N–H and O–H groups in total. The monoisotopic (exact) mass is 358 g/mol. The summed E-state index contributed by atoms with van der Waals surface area (Å²) in [5.74, 6) is 0.128. The zero-order chi connectivity index (χ0) is 18.6. The third-order valence-corrected chi connectivity index (χ3v) is 5.12. The number of rotatable bonds is 5. The third kappa shape index (κ3) is 3.70. The lowest BCUT2D eigenvalue weighted by molar-refractivity contribution is -0.128. The molecule has 3 aromatic rings. The van der Waals surface area contributed by atoms with Gasteiger partial charge in [0.25, 0.3) is 5.91 Å². The average molecular weight is 358 g/mol. The van der Waals surface area contributed by atoms with Crippen molar-refractivity contribution in [1.82, 2.24) is 10.2 Å². The molecule has 0 atom stereocenters. The number of amides is 2. The molecular formula is C23H22N2O2. The van der Waals surface area contributed by atoms with E-state index in [-0.39, 0.29) is 11.8 Å². The van der Waals surface area contributed by atoms with Crippen LogP contribution in [0.4, 0.5) is 0 Å². The summed E-state index contributed by atoms with van der Waals surface area (Å²) in [6.45, 7) is 1.87. The molecule has 3 aromatic carbocycles. The van der Waals surface area contributed by atoms with Crippen molar-refractivity contribution in [3.05, 3.63) is 83.4 Å². The van der Waals surface area contributed by atoms with Crippen LogP contribution in [-0.2, 0) is 17.9 Å². The van der Waals surface area contributed by atoms with Gasteiger partial charge in [0, 0.05) is 31.6 Å². The Balaban J connectivity index is 1.50. The van der Waals surface area contributed by atoms with Gasteiger partial charge < -0.3 is 10.2 Å². The van der Waals surface area contributed by atoms with Crippen molar-refractivity contribution in [2.24, 2.45) is 0 Å². The fourth-order valence-corrected chi connectivity index (χ4v) is 3.66. The Bertz CT molecular complexity index is 991. The van der Waals surface area contributed by atoms with Gasteiger partial charge in [-0.25, -0.2) is 0 Å². The molecule has 0 bridgehead atoms. The van der Waals surface area contributed by atoms with Crippen LogP contribution in [0, 0.1) is 0 Å². The summed E-state index contributed by atoms with van der Waals surface area (Å²) in [5, 5.41) is 5.05. The van der Waals surface area contributed by atoms with Gasteiger partial charge in [-0.3, -0.25) is 9.59 Å². The zero-order valence-corrected chi connectivity index (χ0v) is 15.2. The highest BCUT2D eigenvalue weighted by Crippen LogP contribution is 2.20. The highest BCUT2D eigenvalue weighted by molar-refractivity contribution is 6.06. The molecule has 1 saturated heterocycles. The first kappa shape index (κ1) is 17.3. The fourth-order valence-electron chi connectivity index (χ4n) is 3.66. The van der Waals surface area contributed by atoms with Crippen molar-refractivity contribution in [3.8, 4) is 0 Å². The summed E-state index contributed by atoms with van der Waals surface area (Å²) in [4.78, 5) is 26.6. The third-order valence-electron chi connectivity index (χ3n) is 5.12. The molecule has 2 amide bonds. The van der Waals surface area contributed by atoms with E-state index in [1.165, 1.54) is 0 Å². The van der Waals surface area contributed by atoms with E-state index in [0.29, 0.717) is 25.1 Å². The number of hydrogen-bond donors (Lipinski definition) is 1. The summed E-state index contributed by atoms with van der Waals surface area (Å²) >= 11 is 0. The molecule has 0 radical (unpaired) electrons. The molecule has 4 rings (SSSR count). The predicted molar refractivity (Wildman–Crippen MR) is 106 cm³/mol. The maximum absolute atomic E-state index is 12.8. The van der Waals surface area contributed by atoms with E-state index >= 15 is 0 Å². The van der Waals surface area contributed by atoms with Gasteiger partial charge in [0.15, 0.2) is 0 Å². The molecule has 1 aliphatic heterocycles. The van der Waals surface area contributed by atoms with Gasteiger partial charge in [-0.2, -0.15) is 0 Å². The van der Waals surface area contributed by atoms with Crippen molar-refractivity contribution in [2.75, 3.05) is 6.54 Å². The number of benzene rings is 3. The quantitative estimate of drug-likeness (QED) is 0.752. The first-order valence-electron chi connectivity index (χ1n) is 9.33. The lowest BCUT2D eigenvalue weighted by Gasteiger charge is -2.18. The number of likely N-dealkylation sites (tertiary alicyclic amines) is 1. The number of carbonyl (C=O) groups is 2. The largest absolute Gasteiger partial charge is 0.348 e. The molecule has 0 aliphatic carbocycles. The highest BCUT2D eigenvalue weighted by atomic mass is 16.2. The van der Waals surface area contributed by atoms with E-state index in [2.05, 4.69) is 5.32 Å². The molecule has 27 heavy (non-hydrogen) atoms. The molecule has 1 fully saturated rings. The molecule has 1 heterocycles. The Hall–Kier alpha value is -3.14. The standard InChI is InChI=1S/C23H22N2O2/c26-22-13-6-14-25(22)16-19-9-2-1-8-18(19)15-24-23(27)21-12-5-10-17-7-3-4-11-20(17)21/h1-5,7-12H,6,13-16H2,(H,24,27). The lowest BCUT2D eigenvalue weighted by atomic mass is 10.0. The van der Waals surface area contributed by atoms with Crippen molar-refractivity contribution < 1.29 is 9.59 Å². The number of fused-ring (bicyclic) bond motifs is 1. The SMILES string of the molecule is O=C(NCc1ccccc1CN1CCCC1=O)c1cccc2ccccc12. The molecule has 0 aromatic heterocycles. The van der Waals surface area contributed by atoms with Gasteiger partial charge in [-0.1, -0.05) is 60.7 Å². The number of carbonyl (C=O) groups excluding carboxylic acids is 2. The minimum Gasteiger partial charge on any atom is -0.348 e. The summed E-state index contributed by atoms with van der Waals surface area (Å²) in [6.07, 6.45) is 1.57. The predicted octanol–water partition coefficient (Wildman–Crippen LogP) is 3.89. The van der Waals surface area contributed by atoms with Crippen LogP contribution < -0.4 is 5.32 Å². The normalized spacial score (nSPS) is 13.9. The van der Waals surface area contributed by atoms with Gasteiger partial charge in [-0.15, -0.1) is 0 Å². The Kier molecular flexibility index (Phi) is 4.88. The minimum absolute atomic E-state index is 0.0844. The van der Waals surface area contributed by atoms with E-state index in [1.54, 1.807) is 0 Å². The van der Waals surface area contributed by atoms with E-state index in [9.17, 15) is 9.59 Å². The number of nitrogens with one attached hydrogen (secondary N) is 1. The molecule has 136 valence electrons. The maximum atomic E-state index is 12.8. The van der Waals surface area contributed by atoms with Crippen LogP contribution in [0.25, 0.3) is 10.8 Å². The van der Waals surface area contributed by atoms with Crippen LogP contribution in [0.5, 0.6) is 0 Å². The van der Waals surface area contributed by atoms with Crippen LogP contribution in [0.2, 0.25) is 0 Å². The first-order chi connectivity index (χ1) is 13.2. The summed E-state index contributed by atoms with van der Waals surface area (Å²) < 4.78 is 0. The summed E-state index contributed by atoms with van der Waals surface area (Å²) in [7, 11) is 0. The van der Waals surface area contributed by atoms with Gasteiger partial charge in [-0.05, 0) is 34.4 Å². The summed E-state index contributed by atoms with van der Waals surface area (Å²) in [5.41, 5.74) is 2.82. The van der Waals surface area contributed by atoms with Gasteiger partial charge in [0.05, 0.1) is 0 Å². The maximum Gasteiger partial charge on any atom is 0.252 e. The molecule has 4 heteroatoms. The lowest BCUT2D eigenvalue weighted by Crippen LogP contribution is -2.27. The second-order valence-electron chi connectivity index (χ2n) is 6.90. The molecule has 1 aliphatic rings. The van der Waals surface area contributed by atoms with Crippen molar-refractivity contribution >= 4 is 22.6 Å². The zero-order valence-electron chi connectivity index (χ0n) is 15.2. The van der Waals surface area contributed by atoms with Crippen LogP contribution >= 0.6 is 0 Å². The topological polar surface area (TPSA) is 49.4 Å². The van der Waals surface area contributed by atoms with Crippen LogP contribution in [0.1, 0.15) is 34.3 Å². The van der Waals surface area contributed by atoms with Crippen LogP contribution in [0.3, 0.4) is 0 Å². The van der Waals surface area contributed by atoms with Crippen molar-refractivity contribution in [2.45, 2.75) is 25.9 Å². The molecule has 4 nitrogen and oxygen atoms in total. The van der Waals surface area contributed by atoms with Crippen molar-refractivity contribution in [1.29, 1.82) is 0 Å². The molecular weight excluding hydrogens is 336 g/mol. The second kappa shape index (κ2) is 7.62. The minimum atomic E-state index is -0.0844. The first-order valence-corrected chi connectivity index (χ1v) is 9.33. The molecule has 0 unspecified atom stereocenters. The van der Waals surface area contributed by atoms with E-state index in [1.807, 2.05) is 71.6 Å². The van der Waals surface area contributed by atoms with E-state index in [4.69, 9.17) is 0 Å². The number of nitrogens with zero attached hydrogens (tertiary/aromatic N) is 1. The van der Waals surface area contributed by atoms with E-state index < -0.39 is 0 Å². The van der Waals surface area contributed by atoms with Crippen LogP contribution in [0.15, 0.2) is 66.7 Å². The van der Waals surface area contributed by atoms with Crippen LogP contribution in [-0.4, -0.2) is 23.3 Å². The second-order valence-corrected chi connectivity index (χ2v) is 6.90. The number of hydrogen-bond acceptors (Lipinski definition) is 2. The molecule has 0 spiro atoms. The van der Waals surface area contributed by atoms with Gasteiger partial charge in [0.1, 0.15) is 0 Å². The Morgan fingerprint density at radius 1 is 0.926 bits per heavy atom. The van der Waals surface area contributed by atoms with Gasteiger partial charge in [0.2, 0.25) is 5.91 Å². The van der Waals surface area contributed by atoms with Gasteiger partial charge >= 0.3 is 0 Å². The molecule has 0 saturated carbocycles. The summed E-state index contributed by atoms with van der Waals surface area (Å²) in [6, 6.07) is 21.7. The highest BCUT2D eigenvalue weighted by Gasteiger charge is 2.21. The fraction of sp³-hybridized carbons (Fsp3) is 0.217. The average Bonchev–Trinajstić information content (AvgIpc) is 3.11. The Morgan fingerprint density at radius 3 is 2.48 bits per heavy atom. The van der Waals surface area contributed by atoms with Crippen molar-refractivity contribution in [3.63, 3.8) is 0 Å². The smallest absolute Gasteiger partial charge is 0.252 e. The Labute approximate surface area is 158 Å².